The Labute approximate surface area is 142 Å². The van der Waals surface area contributed by atoms with Crippen molar-refractivity contribution in [1.82, 2.24) is 9.88 Å². The van der Waals surface area contributed by atoms with Crippen LogP contribution >= 0.6 is 0 Å². The fourth-order valence-electron chi connectivity index (χ4n) is 3.27. The molecule has 2 fully saturated rings. The van der Waals surface area contributed by atoms with Crippen molar-refractivity contribution in [3.63, 3.8) is 0 Å². The standard InChI is InChI=1S/C18H26N2O4/c1-14-4-5-16(19-11-14)18(22)6-8-20(9-7-18)17(21)13-23-12-15-3-2-10-24-15/h4-5,11,15,22H,2-3,6-10,12-13H2,1H3/t15-/m0/s1. The lowest BCUT2D eigenvalue weighted by atomic mass is 9.87. The number of likely N-dealkylation sites (tertiary alicyclic amines) is 1. The van der Waals surface area contributed by atoms with Gasteiger partial charge in [0.25, 0.3) is 0 Å². The quantitative estimate of drug-likeness (QED) is 0.881. The van der Waals surface area contributed by atoms with Gasteiger partial charge in [0.15, 0.2) is 0 Å². The summed E-state index contributed by atoms with van der Waals surface area (Å²) in [5.74, 6) is -0.0214. The lowest BCUT2D eigenvalue weighted by Gasteiger charge is -2.37. The first kappa shape index (κ1) is 17.3. The fourth-order valence-corrected chi connectivity index (χ4v) is 3.27. The van der Waals surface area contributed by atoms with Gasteiger partial charge in [-0.15, -0.1) is 0 Å². The molecule has 2 aliphatic rings. The third-order valence-electron chi connectivity index (χ3n) is 4.88. The molecule has 0 bridgehead atoms. The topological polar surface area (TPSA) is 71.9 Å². The summed E-state index contributed by atoms with van der Waals surface area (Å²) in [4.78, 5) is 18.3. The maximum Gasteiger partial charge on any atom is 0.248 e. The predicted molar refractivity (Wildman–Crippen MR) is 88.5 cm³/mol. The van der Waals surface area contributed by atoms with Gasteiger partial charge in [0.2, 0.25) is 5.91 Å². The number of nitrogens with zero attached hydrogens (tertiary/aromatic N) is 2. The van der Waals surface area contributed by atoms with Gasteiger partial charge in [-0.3, -0.25) is 9.78 Å². The van der Waals surface area contributed by atoms with Gasteiger partial charge in [-0.2, -0.15) is 0 Å². The van der Waals surface area contributed by atoms with Crippen LogP contribution in [0.25, 0.3) is 0 Å². The minimum atomic E-state index is -0.941. The number of carbonyl (C=O) groups excluding carboxylic acids is 1. The first-order valence-electron chi connectivity index (χ1n) is 8.69. The van der Waals surface area contributed by atoms with E-state index in [-0.39, 0.29) is 18.6 Å². The average molecular weight is 334 g/mol. The van der Waals surface area contributed by atoms with Crippen LogP contribution in [-0.2, 0) is 19.9 Å². The summed E-state index contributed by atoms with van der Waals surface area (Å²) < 4.78 is 11.0. The Morgan fingerprint density at radius 2 is 2.25 bits per heavy atom. The van der Waals surface area contributed by atoms with Crippen LogP contribution in [-0.4, -0.2) is 59.9 Å². The van der Waals surface area contributed by atoms with Crippen molar-refractivity contribution in [2.45, 2.75) is 44.3 Å². The largest absolute Gasteiger partial charge is 0.383 e. The predicted octanol–water partition coefficient (Wildman–Crippen LogP) is 1.40. The van der Waals surface area contributed by atoms with Crippen molar-refractivity contribution in [2.24, 2.45) is 0 Å². The second-order valence-corrected chi connectivity index (χ2v) is 6.78. The summed E-state index contributed by atoms with van der Waals surface area (Å²) in [6, 6.07) is 3.83. The number of hydrogen-bond acceptors (Lipinski definition) is 5. The van der Waals surface area contributed by atoms with Gasteiger partial charge < -0.3 is 19.5 Å². The van der Waals surface area contributed by atoms with Gasteiger partial charge in [-0.1, -0.05) is 6.07 Å². The van der Waals surface area contributed by atoms with E-state index in [2.05, 4.69) is 4.98 Å². The molecule has 0 aromatic carbocycles. The van der Waals surface area contributed by atoms with E-state index in [1.165, 1.54) is 0 Å². The van der Waals surface area contributed by atoms with Gasteiger partial charge in [-0.25, -0.2) is 0 Å². The Bertz CT molecular complexity index is 547. The highest BCUT2D eigenvalue weighted by Crippen LogP contribution is 2.31. The molecule has 2 aliphatic heterocycles. The van der Waals surface area contributed by atoms with Crippen LogP contribution in [0.1, 0.15) is 36.9 Å². The van der Waals surface area contributed by atoms with E-state index in [9.17, 15) is 9.90 Å². The van der Waals surface area contributed by atoms with Crippen molar-refractivity contribution < 1.29 is 19.4 Å². The zero-order chi connectivity index (χ0) is 17.0. The molecule has 6 heteroatoms. The van der Waals surface area contributed by atoms with E-state index in [1.54, 1.807) is 11.1 Å². The first-order valence-corrected chi connectivity index (χ1v) is 8.69. The molecule has 6 nitrogen and oxygen atoms in total. The van der Waals surface area contributed by atoms with Crippen LogP contribution in [0, 0.1) is 6.92 Å². The second kappa shape index (κ2) is 7.59. The van der Waals surface area contributed by atoms with E-state index in [0.717, 1.165) is 25.0 Å². The zero-order valence-electron chi connectivity index (χ0n) is 14.2. The monoisotopic (exact) mass is 334 g/mol. The van der Waals surface area contributed by atoms with E-state index in [4.69, 9.17) is 9.47 Å². The molecule has 0 unspecified atom stereocenters. The molecule has 24 heavy (non-hydrogen) atoms. The smallest absolute Gasteiger partial charge is 0.248 e. The molecule has 1 N–H and O–H groups in total. The van der Waals surface area contributed by atoms with Crippen molar-refractivity contribution in [2.75, 3.05) is 32.9 Å². The second-order valence-electron chi connectivity index (χ2n) is 6.78. The number of aryl methyl sites for hydroxylation is 1. The highest BCUT2D eigenvalue weighted by Gasteiger charge is 2.36. The average Bonchev–Trinajstić information content (AvgIpc) is 3.09. The summed E-state index contributed by atoms with van der Waals surface area (Å²) in [5.41, 5.74) is 0.816. The van der Waals surface area contributed by atoms with Crippen molar-refractivity contribution in [1.29, 1.82) is 0 Å². The van der Waals surface area contributed by atoms with Crippen LogP contribution < -0.4 is 0 Å². The third kappa shape index (κ3) is 4.12. The number of aliphatic hydroxyl groups is 1. The number of ether oxygens (including phenoxy) is 2. The number of aromatic nitrogens is 1. The van der Waals surface area contributed by atoms with Crippen LogP contribution in [0.5, 0.6) is 0 Å². The van der Waals surface area contributed by atoms with E-state index >= 15 is 0 Å². The summed E-state index contributed by atoms with van der Waals surface area (Å²) in [6.07, 6.45) is 4.98. The Hall–Kier alpha value is -1.50. The maximum absolute atomic E-state index is 12.2. The molecule has 3 heterocycles. The van der Waals surface area contributed by atoms with Gasteiger partial charge in [-0.05, 0) is 44.2 Å². The van der Waals surface area contributed by atoms with E-state index in [0.29, 0.717) is 38.2 Å². The molecular weight excluding hydrogens is 308 g/mol. The number of rotatable bonds is 5. The summed E-state index contributed by atoms with van der Waals surface area (Å²) in [5, 5.41) is 10.8. The van der Waals surface area contributed by atoms with Crippen LogP contribution in [0.2, 0.25) is 0 Å². The Kier molecular flexibility index (Phi) is 5.48. The molecule has 1 aromatic rings. The van der Waals surface area contributed by atoms with E-state index in [1.807, 2.05) is 19.1 Å². The van der Waals surface area contributed by atoms with E-state index < -0.39 is 5.60 Å². The molecule has 3 rings (SSSR count). The molecule has 1 aromatic heterocycles. The van der Waals surface area contributed by atoms with Crippen molar-refractivity contribution >= 4 is 5.91 Å². The normalized spacial score (nSPS) is 23.4. The molecule has 0 spiro atoms. The summed E-state index contributed by atoms with van der Waals surface area (Å²) >= 11 is 0. The molecule has 0 aliphatic carbocycles. The molecule has 1 atom stereocenters. The van der Waals surface area contributed by atoms with Gasteiger partial charge in [0.05, 0.1) is 18.4 Å². The van der Waals surface area contributed by atoms with Gasteiger partial charge in [0, 0.05) is 25.9 Å². The number of carbonyl (C=O) groups is 1. The molecule has 132 valence electrons. The summed E-state index contributed by atoms with van der Waals surface area (Å²) in [6.45, 7) is 4.37. The van der Waals surface area contributed by atoms with Crippen LogP contribution in [0.15, 0.2) is 18.3 Å². The number of pyridine rings is 1. The minimum absolute atomic E-state index is 0.0214. The van der Waals surface area contributed by atoms with Crippen LogP contribution in [0.3, 0.4) is 0 Å². The third-order valence-corrected chi connectivity index (χ3v) is 4.88. The SMILES string of the molecule is Cc1ccc(C2(O)CCN(C(=O)COC[C@@H]3CCCO3)CC2)nc1. The molecular formula is C18H26N2O4. The summed E-state index contributed by atoms with van der Waals surface area (Å²) in [7, 11) is 0. The molecule has 0 radical (unpaired) electrons. The van der Waals surface area contributed by atoms with Gasteiger partial charge in [0.1, 0.15) is 12.2 Å². The van der Waals surface area contributed by atoms with Crippen LogP contribution in [0.4, 0.5) is 0 Å². The number of amides is 1. The van der Waals surface area contributed by atoms with Crippen molar-refractivity contribution in [3.05, 3.63) is 29.6 Å². The molecule has 0 saturated carbocycles. The lowest BCUT2D eigenvalue weighted by Crippen LogP contribution is -2.46. The van der Waals surface area contributed by atoms with Crippen molar-refractivity contribution in [3.8, 4) is 0 Å². The fraction of sp³-hybridized carbons (Fsp3) is 0.667. The van der Waals surface area contributed by atoms with Gasteiger partial charge >= 0.3 is 0 Å². The number of piperidine rings is 1. The zero-order valence-corrected chi connectivity index (χ0v) is 14.2. The Morgan fingerprint density at radius 3 is 2.88 bits per heavy atom. The molecule has 1 amide bonds. The first-order chi connectivity index (χ1) is 11.6. The maximum atomic E-state index is 12.2. The highest BCUT2D eigenvalue weighted by atomic mass is 16.5. The number of hydrogen-bond donors (Lipinski definition) is 1. The Morgan fingerprint density at radius 1 is 1.46 bits per heavy atom. The lowest BCUT2D eigenvalue weighted by molar-refractivity contribution is -0.141. The molecule has 2 saturated heterocycles. The Balaban J connectivity index is 1.45. The minimum Gasteiger partial charge on any atom is -0.383 e. The highest BCUT2D eigenvalue weighted by molar-refractivity contribution is 5.77.